The third-order valence-corrected chi connectivity index (χ3v) is 3.05. The highest BCUT2D eigenvalue weighted by atomic mass is 32.1. The molecule has 106 valence electrons. The number of aromatic nitrogens is 2. The Morgan fingerprint density at radius 1 is 1.35 bits per heavy atom. The molecular weight excluding hydrogens is 274 g/mol. The number of methoxy groups -OCH3 is 1. The third-order valence-electron chi connectivity index (χ3n) is 2.82. The van der Waals surface area contributed by atoms with E-state index in [0.29, 0.717) is 23.1 Å². The van der Waals surface area contributed by atoms with Crippen molar-refractivity contribution in [3.63, 3.8) is 0 Å². The quantitative estimate of drug-likeness (QED) is 0.821. The van der Waals surface area contributed by atoms with E-state index in [1.54, 1.807) is 17.9 Å². The van der Waals surface area contributed by atoms with Crippen molar-refractivity contribution in [3.05, 3.63) is 41.7 Å². The minimum atomic E-state index is 0.320. The lowest BCUT2D eigenvalue weighted by atomic mass is 10.2. The van der Waals surface area contributed by atoms with Gasteiger partial charge < -0.3 is 15.2 Å². The minimum absolute atomic E-state index is 0.320. The number of nitrogens with zero attached hydrogens (tertiary/aromatic N) is 2. The first-order valence-corrected chi connectivity index (χ1v) is 6.58. The Morgan fingerprint density at radius 2 is 2.10 bits per heavy atom. The molecule has 0 radical (unpaired) electrons. The van der Waals surface area contributed by atoms with Crippen molar-refractivity contribution in [2.75, 3.05) is 13.7 Å². The predicted octanol–water partition coefficient (Wildman–Crippen LogP) is 1.68. The summed E-state index contributed by atoms with van der Waals surface area (Å²) in [4.78, 5) is 0.320. The van der Waals surface area contributed by atoms with Crippen LogP contribution in [0.15, 0.2) is 30.6 Å². The molecular formula is C14H17N3O2S. The van der Waals surface area contributed by atoms with Crippen LogP contribution in [0.3, 0.4) is 0 Å². The largest absolute Gasteiger partial charge is 0.497 e. The highest BCUT2D eigenvalue weighted by Crippen LogP contribution is 2.23. The molecule has 6 heteroatoms. The maximum absolute atomic E-state index is 5.72. The van der Waals surface area contributed by atoms with Crippen LogP contribution >= 0.6 is 12.2 Å². The number of hydrogen-bond acceptors (Lipinski definition) is 4. The summed E-state index contributed by atoms with van der Waals surface area (Å²) >= 11 is 4.98. The Bertz CT molecular complexity index is 610. The van der Waals surface area contributed by atoms with Crippen LogP contribution in [0.4, 0.5) is 0 Å². The van der Waals surface area contributed by atoms with Gasteiger partial charge in [0.25, 0.3) is 0 Å². The molecule has 1 aromatic carbocycles. The number of hydrogen-bond donors (Lipinski definition) is 1. The normalized spacial score (nSPS) is 10.3. The number of nitrogens with two attached hydrogens (primary N) is 1. The van der Waals surface area contributed by atoms with Gasteiger partial charge in [-0.3, -0.25) is 4.68 Å². The number of aryl methyl sites for hydroxylation is 1. The average molecular weight is 291 g/mol. The first-order valence-electron chi connectivity index (χ1n) is 6.17. The molecule has 0 amide bonds. The molecule has 0 fully saturated rings. The highest BCUT2D eigenvalue weighted by molar-refractivity contribution is 7.80. The van der Waals surface area contributed by atoms with Gasteiger partial charge >= 0.3 is 0 Å². The van der Waals surface area contributed by atoms with E-state index in [2.05, 4.69) is 5.10 Å². The molecule has 2 N–H and O–H groups in total. The van der Waals surface area contributed by atoms with Gasteiger partial charge in [-0.25, -0.2) is 0 Å². The zero-order valence-electron chi connectivity index (χ0n) is 11.5. The highest BCUT2D eigenvalue weighted by Gasteiger charge is 2.05. The van der Waals surface area contributed by atoms with E-state index in [-0.39, 0.29) is 0 Å². The average Bonchev–Trinajstić information content (AvgIpc) is 2.84. The van der Waals surface area contributed by atoms with E-state index in [9.17, 15) is 0 Å². The van der Waals surface area contributed by atoms with Crippen LogP contribution in [0, 0.1) is 0 Å². The van der Waals surface area contributed by atoms with Crippen LogP contribution in [-0.4, -0.2) is 28.5 Å². The second-order valence-electron chi connectivity index (χ2n) is 4.38. The third kappa shape index (κ3) is 3.71. The van der Waals surface area contributed by atoms with Crippen molar-refractivity contribution in [2.24, 2.45) is 12.8 Å². The van der Waals surface area contributed by atoms with Crippen LogP contribution in [0.1, 0.15) is 11.1 Å². The Balaban J connectivity index is 2.01. The number of ether oxygens (including phenoxy) is 2. The van der Waals surface area contributed by atoms with Gasteiger partial charge in [0.2, 0.25) is 0 Å². The second-order valence-corrected chi connectivity index (χ2v) is 4.82. The van der Waals surface area contributed by atoms with Crippen molar-refractivity contribution in [1.29, 1.82) is 0 Å². The van der Waals surface area contributed by atoms with Crippen molar-refractivity contribution in [1.82, 2.24) is 9.78 Å². The van der Waals surface area contributed by atoms with Crippen molar-refractivity contribution in [3.8, 4) is 11.5 Å². The van der Waals surface area contributed by atoms with E-state index < -0.39 is 0 Å². The van der Waals surface area contributed by atoms with Crippen molar-refractivity contribution in [2.45, 2.75) is 6.42 Å². The zero-order valence-corrected chi connectivity index (χ0v) is 12.3. The Morgan fingerprint density at radius 3 is 2.70 bits per heavy atom. The lowest BCUT2D eigenvalue weighted by molar-refractivity contribution is 0.319. The molecule has 0 aliphatic rings. The topological polar surface area (TPSA) is 62.3 Å². The molecule has 0 saturated heterocycles. The monoisotopic (exact) mass is 291 g/mol. The summed E-state index contributed by atoms with van der Waals surface area (Å²) in [7, 11) is 3.49. The van der Waals surface area contributed by atoms with Crippen LogP contribution in [0.2, 0.25) is 0 Å². The fourth-order valence-corrected chi connectivity index (χ4v) is 1.92. The van der Waals surface area contributed by atoms with Crippen molar-refractivity contribution >= 4 is 17.2 Å². The first-order chi connectivity index (χ1) is 9.58. The summed E-state index contributed by atoms with van der Waals surface area (Å²) in [6.07, 6.45) is 4.58. The smallest absolute Gasteiger partial charge is 0.123 e. The van der Waals surface area contributed by atoms with Gasteiger partial charge in [-0.15, -0.1) is 0 Å². The van der Waals surface area contributed by atoms with Gasteiger partial charge in [0.15, 0.2) is 0 Å². The summed E-state index contributed by atoms with van der Waals surface area (Å²) in [6.45, 7) is 0.551. The van der Waals surface area contributed by atoms with E-state index >= 15 is 0 Å². The lowest BCUT2D eigenvalue weighted by Crippen LogP contribution is -2.10. The standard InChI is InChI=1S/C14H17N3O2S/c1-17-9-10(8-16-17)3-4-19-13-6-11(14(15)20)5-12(7-13)18-2/h5-9H,3-4H2,1-2H3,(H2,15,20). The van der Waals surface area contributed by atoms with E-state index in [1.165, 1.54) is 0 Å². The molecule has 0 aliphatic carbocycles. The lowest BCUT2D eigenvalue weighted by Gasteiger charge is -2.09. The van der Waals surface area contributed by atoms with Crippen molar-refractivity contribution < 1.29 is 9.47 Å². The fraction of sp³-hybridized carbons (Fsp3) is 0.286. The van der Waals surface area contributed by atoms with E-state index in [0.717, 1.165) is 17.5 Å². The van der Waals surface area contributed by atoms with Gasteiger partial charge in [-0.2, -0.15) is 5.10 Å². The van der Waals surface area contributed by atoms with Gasteiger partial charge in [0.1, 0.15) is 16.5 Å². The molecule has 0 spiro atoms. The maximum Gasteiger partial charge on any atom is 0.123 e. The summed E-state index contributed by atoms with van der Waals surface area (Å²) in [5.74, 6) is 1.36. The molecule has 0 atom stereocenters. The predicted molar refractivity (Wildman–Crippen MR) is 81.3 cm³/mol. The molecule has 2 aromatic rings. The molecule has 1 aromatic heterocycles. The Hall–Kier alpha value is -2.08. The second kappa shape index (κ2) is 6.38. The summed E-state index contributed by atoms with van der Waals surface area (Å²) < 4.78 is 12.7. The number of benzene rings is 1. The Kier molecular flexibility index (Phi) is 4.57. The van der Waals surface area contributed by atoms with Crippen LogP contribution in [0.25, 0.3) is 0 Å². The fourth-order valence-electron chi connectivity index (χ4n) is 1.80. The zero-order chi connectivity index (χ0) is 14.5. The van der Waals surface area contributed by atoms with Gasteiger partial charge in [-0.05, 0) is 17.7 Å². The molecule has 0 unspecified atom stereocenters. The molecule has 0 bridgehead atoms. The van der Waals surface area contributed by atoms with Crippen LogP contribution in [-0.2, 0) is 13.5 Å². The first kappa shape index (κ1) is 14.3. The summed E-state index contributed by atoms with van der Waals surface area (Å²) in [5.41, 5.74) is 7.50. The summed E-state index contributed by atoms with van der Waals surface area (Å²) in [5, 5.41) is 4.11. The molecule has 0 aliphatic heterocycles. The van der Waals surface area contributed by atoms with Crippen LogP contribution in [0.5, 0.6) is 11.5 Å². The summed E-state index contributed by atoms with van der Waals surface area (Å²) in [6, 6.07) is 5.41. The van der Waals surface area contributed by atoms with Gasteiger partial charge in [0, 0.05) is 31.3 Å². The van der Waals surface area contributed by atoms with Gasteiger partial charge in [0.05, 0.1) is 19.9 Å². The van der Waals surface area contributed by atoms with E-state index in [4.69, 9.17) is 27.4 Å². The molecule has 1 heterocycles. The molecule has 5 nitrogen and oxygen atoms in total. The van der Waals surface area contributed by atoms with Gasteiger partial charge in [-0.1, -0.05) is 12.2 Å². The SMILES string of the molecule is COc1cc(OCCc2cnn(C)c2)cc(C(N)=S)c1. The maximum atomic E-state index is 5.72. The van der Waals surface area contributed by atoms with Crippen LogP contribution < -0.4 is 15.2 Å². The minimum Gasteiger partial charge on any atom is -0.497 e. The molecule has 20 heavy (non-hydrogen) atoms. The Labute approximate surface area is 123 Å². The number of thiocarbonyl (C=S) groups is 1. The molecule has 0 saturated carbocycles. The molecule has 2 rings (SSSR count). The number of rotatable bonds is 6. The van der Waals surface area contributed by atoms with E-state index in [1.807, 2.05) is 31.6 Å².